The van der Waals surface area contributed by atoms with Gasteiger partial charge >= 0.3 is 0 Å². The van der Waals surface area contributed by atoms with Crippen LogP contribution >= 0.6 is 0 Å². The van der Waals surface area contributed by atoms with Crippen LogP contribution in [0.1, 0.15) is 62.4 Å². The van der Waals surface area contributed by atoms with Crippen LogP contribution in [0.5, 0.6) is 5.75 Å². The number of hydrogen-bond acceptors (Lipinski definition) is 3. The smallest absolute Gasteiger partial charge is 0.223 e. The highest BCUT2D eigenvalue weighted by Gasteiger charge is 2.33. The van der Waals surface area contributed by atoms with Crippen molar-refractivity contribution in [1.82, 2.24) is 14.5 Å². The number of benzene rings is 2. The summed E-state index contributed by atoms with van der Waals surface area (Å²) < 4.78 is 8.51. The number of likely N-dealkylation sites (tertiary alicyclic amines) is 1. The molecule has 3 aromatic rings. The average Bonchev–Trinajstić information content (AvgIpc) is 3.31. The van der Waals surface area contributed by atoms with E-state index in [9.17, 15) is 4.79 Å². The SMILES string of the molecule is CCN1CC(c2nc3ccccc3n2CCCOc2cc(C)ccc2C(C)C)CC1=O. The Bertz CT molecular complexity index is 1070. The lowest BCUT2D eigenvalue weighted by Crippen LogP contribution is -2.24. The average molecular weight is 420 g/mol. The van der Waals surface area contributed by atoms with Gasteiger partial charge in [0, 0.05) is 32.0 Å². The molecule has 4 rings (SSSR count). The van der Waals surface area contributed by atoms with Crippen molar-refractivity contribution in [3.05, 3.63) is 59.4 Å². The topological polar surface area (TPSA) is 47.4 Å². The van der Waals surface area contributed by atoms with Gasteiger partial charge in [0.2, 0.25) is 5.91 Å². The van der Waals surface area contributed by atoms with E-state index in [2.05, 4.69) is 61.7 Å². The molecule has 0 bridgehead atoms. The van der Waals surface area contributed by atoms with E-state index in [4.69, 9.17) is 9.72 Å². The summed E-state index contributed by atoms with van der Waals surface area (Å²) in [5.41, 5.74) is 4.61. The fourth-order valence-corrected chi connectivity index (χ4v) is 4.54. The quantitative estimate of drug-likeness (QED) is 0.467. The lowest BCUT2D eigenvalue weighted by atomic mass is 10.0. The number of carbonyl (C=O) groups is 1. The third-order valence-corrected chi connectivity index (χ3v) is 6.22. The molecule has 0 N–H and O–H groups in total. The zero-order valence-electron chi connectivity index (χ0n) is 19.1. The van der Waals surface area contributed by atoms with Crippen molar-refractivity contribution in [3.8, 4) is 5.75 Å². The molecule has 1 aliphatic rings. The number of hydrogen-bond donors (Lipinski definition) is 0. The Labute approximate surface area is 185 Å². The van der Waals surface area contributed by atoms with Gasteiger partial charge in [-0.05, 0) is 55.5 Å². The first-order chi connectivity index (χ1) is 15.0. The molecule has 2 aromatic carbocycles. The van der Waals surface area contributed by atoms with Crippen LogP contribution in [-0.2, 0) is 11.3 Å². The van der Waals surface area contributed by atoms with Crippen molar-refractivity contribution >= 4 is 16.9 Å². The summed E-state index contributed by atoms with van der Waals surface area (Å²) in [6, 6.07) is 14.7. The Balaban J connectivity index is 1.50. The minimum Gasteiger partial charge on any atom is -0.493 e. The highest BCUT2D eigenvalue weighted by Crippen LogP contribution is 2.31. The standard InChI is InChI=1S/C26H33N3O2/c1-5-28-17-20(16-25(28)30)26-27-22-9-6-7-10-23(22)29(26)13-8-14-31-24-15-19(4)11-12-21(24)18(2)3/h6-7,9-12,15,18,20H,5,8,13-14,16-17H2,1-4H3. The van der Waals surface area contributed by atoms with Crippen molar-refractivity contribution in [2.24, 2.45) is 0 Å². The third-order valence-electron chi connectivity index (χ3n) is 6.22. The molecule has 164 valence electrons. The predicted octanol–water partition coefficient (Wildman–Crippen LogP) is 5.27. The zero-order chi connectivity index (χ0) is 22.0. The Kier molecular flexibility index (Phi) is 6.30. The summed E-state index contributed by atoms with van der Waals surface area (Å²) >= 11 is 0. The second kappa shape index (κ2) is 9.13. The number of rotatable bonds is 8. The number of fused-ring (bicyclic) bond motifs is 1. The van der Waals surface area contributed by atoms with Crippen molar-refractivity contribution in [2.45, 2.75) is 58.9 Å². The summed E-state index contributed by atoms with van der Waals surface area (Å²) in [6.07, 6.45) is 1.44. The van der Waals surface area contributed by atoms with E-state index in [1.54, 1.807) is 0 Å². The molecule has 1 aliphatic heterocycles. The molecule has 0 spiro atoms. The number of aromatic nitrogens is 2. The predicted molar refractivity (Wildman–Crippen MR) is 125 cm³/mol. The highest BCUT2D eigenvalue weighted by atomic mass is 16.5. The number of nitrogens with zero attached hydrogens (tertiary/aromatic N) is 3. The maximum atomic E-state index is 12.3. The van der Waals surface area contributed by atoms with Gasteiger partial charge in [-0.15, -0.1) is 0 Å². The van der Waals surface area contributed by atoms with E-state index in [0.717, 1.165) is 48.7 Å². The minimum absolute atomic E-state index is 0.157. The van der Waals surface area contributed by atoms with Gasteiger partial charge in [-0.25, -0.2) is 4.98 Å². The molecule has 1 amide bonds. The largest absolute Gasteiger partial charge is 0.493 e. The number of aryl methyl sites for hydroxylation is 2. The van der Waals surface area contributed by atoms with Crippen LogP contribution in [0.2, 0.25) is 0 Å². The Morgan fingerprint density at radius 1 is 1.19 bits per heavy atom. The monoisotopic (exact) mass is 419 g/mol. The normalized spacial score (nSPS) is 16.6. The van der Waals surface area contributed by atoms with Gasteiger partial charge in [-0.1, -0.05) is 38.1 Å². The number of para-hydroxylation sites is 2. The van der Waals surface area contributed by atoms with Crippen LogP contribution in [-0.4, -0.2) is 40.1 Å². The van der Waals surface area contributed by atoms with Crippen molar-refractivity contribution in [2.75, 3.05) is 19.7 Å². The van der Waals surface area contributed by atoms with Crippen molar-refractivity contribution < 1.29 is 9.53 Å². The molecule has 1 saturated heterocycles. The van der Waals surface area contributed by atoms with E-state index in [-0.39, 0.29) is 11.8 Å². The van der Waals surface area contributed by atoms with Gasteiger partial charge in [0.15, 0.2) is 0 Å². The first-order valence-electron chi connectivity index (χ1n) is 11.4. The molecule has 0 aliphatic carbocycles. The number of ether oxygens (including phenoxy) is 1. The van der Waals surface area contributed by atoms with Gasteiger partial charge in [0.25, 0.3) is 0 Å². The van der Waals surface area contributed by atoms with Crippen LogP contribution < -0.4 is 4.74 Å². The third kappa shape index (κ3) is 4.46. The first-order valence-corrected chi connectivity index (χ1v) is 11.4. The van der Waals surface area contributed by atoms with Crippen LogP contribution in [0.25, 0.3) is 11.0 Å². The second-order valence-corrected chi connectivity index (χ2v) is 8.84. The molecule has 1 aromatic heterocycles. The maximum absolute atomic E-state index is 12.3. The maximum Gasteiger partial charge on any atom is 0.223 e. The van der Waals surface area contributed by atoms with Crippen LogP contribution in [0.15, 0.2) is 42.5 Å². The molecular weight excluding hydrogens is 386 g/mol. The van der Waals surface area contributed by atoms with Gasteiger partial charge in [0.05, 0.1) is 17.6 Å². The molecule has 5 nitrogen and oxygen atoms in total. The van der Waals surface area contributed by atoms with E-state index >= 15 is 0 Å². The van der Waals surface area contributed by atoms with Crippen LogP contribution in [0.3, 0.4) is 0 Å². The van der Waals surface area contributed by atoms with E-state index in [1.165, 1.54) is 11.1 Å². The molecule has 2 heterocycles. The van der Waals surface area contributed by atoms with E-state index in [0.29, 0.717) is 18.9 Å². The highest BCUT2D eigenvalue weighted by molar-refractivity contribution is 5.80. The van der Waals surface area contributed by atoms with E-state index in [1.807, 2.05) is 17.9 Å². The van der Waals surface area contributed by atoms with Crippen LogP contribution in [0, 0.1) is 6.92 Å². The molecule has 31 heavy (non-hydrogen) atoms. The fourth-order valence-electron chi connectivity index (χ4n) is 4.54. The Hall–Kier alpha value is -2.82. The zero-order valence-corrected chi connectivity index (χ0v) is 19.1. The fraction of sp³-hybridized carbons (Fsp3) is 0.462. The summed E-state index contributed by atoms with van der Waals surface area (Å²) in [6.45, 7) is 11.5. The van der Waals surface area contributed by atoms with Gasteiger partial charge < -0.3 is 14.2 Å². The molecule has 0 saturated carbocycles. The van der Waals surface area contributed by atoms with Crippen molar-refractivity contribution in [3.63, 3.8) is 0 Å². The molecule has 5 heteroatoms. The van der Waals surface area contributed by atoms with Crippen molar-refractivity contribution in [1.29, 1.82) is 0 Å². The summed E-state index contributed by atoms with van der Waals surface area (Å²) in [4.78, 5) is 19.2. The summed E-state index contributed by atoms with van der Waals surface area (Å²) in [5.74, 6) is 2.84. The van der Waals surface area contributed by atoms with Crippen LogP contribution in [0.4, 0.5) is 0 Å². The summed E-state index contributed by atoms with van der Waals surface area (Å²) in [5, 5.41) is 0. The number of carbonyl (C=O) groups excluding carboxylic acids is 1. The molecule has 1 atom stereocenters. The van der Waals surface area contributed by atoms with E-state index < -0.39 is 0 Å². The second-order valence-electron chi connectivity index (χ2n) is 8.84. The lowest BCUT2D eigenvalue weighted by molar-refractivity contribution is -0.127. The molecular formula is C26H33N3O2. The van der Waals surface area contributed by atoms with Gasteiger partial charge in [-0.3, -0.25) is 4.79 Å². The Morgan fingerprint density at radius 2 is 2.00 bits per heavy atom. The Morgan fingerprint density at radius 3 is 2.74 bits per heavy atom. The summed E-state index contributed by atoms with van der Waals surface area (Å²) in [7, 11) is 0. The van der Waals surface area contributed by atoms with Gasteiger partial charge in [0.1, 0.15) is 11.6 Å². The lowest BCUT2D eigenvalue weighted by Gasteiger charge is -2.17. The number of likely N-dealkylation sites (N-methyl/N-ethyl adjacent to an activating group) is 1. The first kappa shape index (κ1) is 21.4. The minimum atomic E-state index is 0.157. The molecule has 0 radical (unpaired) electrons. The van der Waals surface area contributed by atoms with Gasteiger partial charge in [-0.2, -0.15) is 0 Å². The molecule has 1 unspecified atom stereocenters. The number of amides is 1. The number of imidazole rings is 1. The molecule has 1 fully saturated rings.